The van der Waals surface area contributed by atoms with Crippen molar-refractivity contribution in [3.8, 4) is 0 Å². The van der Waals surface area contributed by atoms with Gasteiger partial charge in [0.05, 0.1) is 0 Å². The number of carbonyl (C=O) groups excluding carboxylic acids is 1. The maximum Gasteiger partial charge on any atom is 0.168 e. The summed E-state index contributed by atoms with van der Waals surface area (Å²) in [4.78, 5) is 12.7. The Labute approximate surface area is 103 Å². The maximum absolute atomic E-state index is 11.9. The number of carbonyl (C=O) groups is 1. The number of Topliss-reactive ketones (excluding diaryl/α,β-unsaturated/α-hetero) is 1. The van der Waals surface area contributed by atoms with E-state index < -0.39 is 9.21 Å². The Balaban J connectivity index is 2.48. The van der Waals surface area contributed by atoms with E-state index in [1.54, 1.807) is 0 Å². The van der Waals surface area contributed by atoms with Crippen molar-refractivity contribution < 1.29 is 4.79 Å². The highest BCUT2D eigenvalue weighted by molar-refractivity contribution is 8.34. The van der Waals surface area contributed by atoms with Gasteiger partial charge in [-0.3, -0.25) is 4.79 Å². The molecule has 88 valence electrons. The summed E-state index contributed by atoms with van der Waals surface area (Å²) in [6.07, 6.45) is 4.40. The van der Waals surface area contributed by atoms with Crippen molar-refractivity contribution >= 4 is 26.2 Å². The molecular weight excluding hydrogens is 228 g/mol. The lowest BCUT2D eigenvalue weighted by Crippen LogP contribution is -1.99. The third kappa shape index (κ3) is 2.42. The van der Waals surface area contributed by atoms with Crippen LogP contribution in [0.4, 0.5) is 0 Å². The van der Waals surface area contributed by atoms with E-state index in [1.165, 1.54) is 0 Å². The minimum Gasteiger partial charge on any atom is -0.294 e. The third-order valence-electron chi connectivity index (χ3n) is 2.72. The minimum absolute atomic E-state index is 0.201. The van der Waals surface area contributed by atoms with Crippen LogP contribution < -0.4 is 0 Å². The standard InChI is InChI=1S/C15H16OS/c1-3-14(16)15-10-7-11-17(15,2)12-13-8-5-4-6-9-13/h4-12H,2-3H2,1H3. The maximum atomic E-state index is 11.9. The van der Waals surface area contributed by atoms with Crippen molar-refractivity contribution in [2.24, 2.45) is 0 Å². The normalized spacial score (nSPS) is 22.3. The Morgan fingerprint density at radius 1 is 1.35 bits per heavy atom. The van der Waals surface area contributed by atoms with Gasteiger partial charge >= 0.3 is 0 Å². The number of rotatable bonds is 3. The van der Waals surface area contributed by atoms with Gasteiger partial charge in [-0.2, -0.15) is 9.21 Å². The molecule has 1 nitrogen and oxygen atoms in total. The summed E-state index contributed by atoms with van der Waals surface area (Å²) in [5, 5.41) is 4.18. The van der Waals surface area contributed by atoms with Crippen molar-refractivity contribution in [3.05, 3.63) is 58.4 Å². The summed E-state index contributed by atoms with van der Waals surface area (Å²) in [6, 6.07) is 10.1. The van der Waals surface area contributed by atoms with E-state index in [0.29, 0.717) is 6.42 Å². The minimum atomic E-state index is -1.45. The first kappa shape index (κ1) is 11.9. The topological polar surface area (TPSA) is 17.1 Å². The SMILES string of the molecule is C=S1(=Cc2ccccc2)C=CC=C1C(=O)CC. The van der Waals surface area contributed by atoms with E-state index in [0.717, 1.165) is 10.5 Å². The second kappa shape index (κ2) is 4.76. The summed E-state index contributed by atoms with van der Waals surface area (Å²) < 4.78 is 0. The summed E-state index contributed by atoms with van der Waals surface area (Å²) in [5.74, 6) is 4.47. The average Bonchev–Trinajstić information content (AvgIpc) is 2.71. The monoisotopic (exact) mass is 244 g/mol. The van der Waals surface area contributed by atoms with Gasteiger partial charge in [0, 0.05) is 11.3 Å². The summed E-state index contributed by atoms with van der Waals surface area (Å²) >= 11 is 0. The van der Waals surface area contributed by atoms with Crippen LogP contribution >= 0.6 is 9.21 Å². The van der Waals surface area contributed by atoms with E-state index in [2.05, 4.69) is 16.6 Å². The number of hydrogen-bond donors (Lipinski definition) is 0. The van der Waals surface area contributed by atoms with Gasteiger partial charge in [-0.25, -0.2) is 0 Å². The number of benzene rings is 1. The molecule has 0 spiro atoms. The summed E-state index contributed by atoms with van der Waals surface area (Å²) in [5.41, 5.74) is 1.12. The first-order valence-corrected chi connectivity index (χ1v) is 7.56. The van der Waals surface area contributed by atoms with Gasteiger partial charge in [0.1, 0.15) is 0 Å². The lowest BCUT2D eigenvalue weighted by atomic mass is 10.2. The van der Waals surface area contributed by atoms with Crippen LogP contribution in [0.15, 0.2) is 52.8 Å². The molecule has 1 atom stereocenters. The second-order valence-corrected chi connectivity index (χ2v) is 6.66. The van der Waals surface area contributed by atoms with E-state index in [-0.39, 0.29) is 5.78 Å². The van der Waals surface area contributed by atoms with Crippen molar-refractivity contribution in [2.45, 2.75) is 13.3 Å². The van der Waals surface area contributed by atoms with Gasteiger partial charge in [-0.05, 0) is 22.4 Å². The van der Waals surface area contributed by atoms with Crippen molar-refractivity contribution in [2.75, 3.05) is 0 Å². The van der Waals surface area contributed by atoms with E-state index >= 15 is 0 Å². The predicted molar refractivity (Wildman–Crippen MR) is 78.8 cm³/mol. The van der Waals surface area contributed by atoms with Gasteiger partial charge in [-0.1, -0.05) is 49.2 Å². The van der Waals surface area contributed by atoms with Crippen LogP contribution in [0.2, 0.25) is 0 Å². The zero-order chi connectivity index (χ0) is 12.3. The van der Waals surface area contributed by atoms with Crippen LogP contribution in [0.1, 0.15) is 18.9 Å². The molecule has 1 unspecified atom stereocenters. The highest BCUT2D eigenvalue weighted by atomic mass is 32.2. The predicted octanol–water partition coefficient (Wildman–Crippen LogP) is 3.46. The van der Waals surface area contributed by atoms with Crippen LogP contribution in [0, 0.1) is 0 Å². The first-order chi connectivity index (χ1) is 8.15. The fourth-order valence-corrected chi connectivity index (χ4v) is 4.08. The zero-order valence-electron chi connectivity index (χ0n) is 9.93. The van der Waals surface area contributed by atoms with Crippen molar-refractivity contribution in [1.82, 2.24) is 0 Å². The molecule has 1 aromatic rings. The number of hydrogen-bond acceptors (Lipinski definition) is 1. The Morgan fingerprint density at radius 2 is 2.06 bits per heavy atom. The van der Waals surface area contributed by atoms with Crippen LogP contribution in [0.3, 0.4) is 0 Å². The van der Waals surface area contributed by atoms with Crippen LogP contribution in [-0.4, -0.2) is 17.0 Å². The Bertz CT molecular complexity index is 597. The zero-order valence-corrected chi connectivity index (χ0v) is 10.7. The third-order valence-corrected chi connectivity index (χ3v) is 5.24. The van der Waals surface area contributed by atoms with Gasteiger partial charge in [0.2, 0.25) is 0 Å². The van der Waals surface area contributed by atoms with E-state index in [9.17, 15) is 4.79 Å². The van der Waals surface area contributed by atoms with E-state index in [1.807, 2.05) is 49.4 Å². The van der Waals surface area contributed by atoms with Gasteiger partial charge in [0.25, 0.3) is 0 Å². The highest BCUT2D eigenvalue weighted by Crippen LogP contribution is 2.40. The van der Waals surface area contributed by atoms with Crippen molar-refractivity contribution in [1.29, 1.82) is 0 Å². The molecule has 0 N–H and O–H groups in total. The molecule has 1 aliphatic heterocycles. The van der Waals surface area contributed by atoms with Gasteiger partial charge < -0.3 is 0 Å². The molecule has 0 aliphatic carbocycles. The molecule has 1 aromatic carbocycles. The molecule has 1 aliphatic rings. The van der Waals surface area contributed by atoms with Gasteiger partial charge in [-0.15, -0.1) is 0 Å². The number of allylic oxidation sites excluding steroid dienone is 3. The highest BCUT2D eigenvalue weighted by Gasteiger charge is 2.15. The molecule has 0 aromatic heterocycles. The molecule has 0 saturated carbocycles. The Hall–Kier alpha value is -1.54. The molecule has 0 radical (unpaired) electrons. The molecule has 17 heavy (non-hydrogen) atoms. The smallest absolute Gasteiger partial charge is 0.168 e. The Kier molecular flexibility index (Phi) is 3.34. The van der Waals surface area contributed by atoms with Crippen LogP contribution in [0.25, 0.3) is 0 Å². The molecule has 0 saturated heterocycles. The molecule has 2 rings (SSSR count). The average molecular weight is 244 g/mol. The Morgan fingerprint density at radius 3 is 2.71 bits per heavy atom. The van der Waals surface area contributed by atoms with Gasteiger partial charge in [0.15, 0.2) is 5.78 Å². The van der Waals surface area contributed by atoms with E-state index in [4.69, 9.17) is 0 Å². The fraction of sp³-hybridized carbons (Fsp3) is 0.133. The molecule has 0 bridgehead atoms. The fourth-order valence-electron chi connectivity index (χ4n) is 1.82. The molecule has 0 fully saturated rings. The lowest BCUT2D eigenvalue weighted by Gasteiger charge is -2.11. The van der Waals surface area contributed by atoms with Crippen molar-refractivity contribution in [3.63, 3.8) is 0 Å². The molecule has 1 heterocycles. The molecule has 2 heteroatoms. The molecule has 0 amide bonds. The molecular formula is C15H16OS. The summed E-state index contributed by atoms with van der Waals surface area (Å²) in [7, 11) is -1.45. The largest absolute Gasteiger partial charge is 0.294 e. The quantitative estimate of drug-likeness (QED) is 0.744. The summed E-state index contributed by atoms with van der Waals surface area (Å²) in [6.45, 7) is 1.89. The first-order valence-electron chi connectivity index (χ1n) is 5.63. The second-order valence-electron chi connectivity index (χ2n) is 4.01. The number of ketones is 1. The van der Waals surface area contributed by atoms with Crippen LogP contribution in [0.5, 0.6) is 0 Å². The van der Waals surface area contributed by atoms with Crippen LogP contribution in [-0.2, 0) is 4.79 Å². The lowest BCUT2D eigenvalue weighted by molar-refractivity contribution is -0.114.